The van der Waals surface area contributed by atoms with Crippen molar-refractivity contribution in [3.05, 3.63) is 84.5 Å². The van der Waals surface area contributed by atoms with Crippen molar-refractivity contribution in [2.45, 2.75) is 20.1 Å². The van der Waals surface area contributed by atoms with Gasteiger partial charge in [0.1, 0.15) is 12.4 Å². The van der Waals surface area contributed by atoms with E-state index in [0.717, 1.165) is 41.2 Å². The predicted molar refractivity (Wildman–Crippen MR) is 132 cm³/mol. The number of hydrogen-bond donors (Lipinski definition) is 0. The molecule has 4 rings (SSSR count). The summed E-state index contributed by atoms with van der Waals surface area (Å²) in [5, 5.41) is 3.69. The minimum atomic E-state index is 0.0732. The Hall–Kier alpha value is -1.76. The molecule has 0 atom stereocenters. The molecule has 1 aliphatic heterocycles. The fourth-order valence-corrected chi connectivity index (χ4v) is 4.96. The van der Waals surface area contributed by atoms with Gasteiger partial charge in [-0.05, 0) is 53.8 Å². The Morgan fingerprint density at radius 1 is 0.938 bits per heavy atom. The molecule has 0 bridgehead atoms. The first-order valence-electron chi connectivity index (χ1n) is 10.3. The van der Waals surface area contributed by atoms with Gasteiger partial charge in [-0.3, -0.25) is 9.69 Å². The van der Waals surface area contributed by atoms with E-state index in [0.29, 0.717) is 40.5 Å². The highest BCUT2D eigenvalue weighted by atomic mass is 35.5. The Morgan fingerprint density at radius 3 is 2.44 bits per heavy atom. The number of carbonyl (C=O) groups excluding carboxylic acids is 1. The van der Waals surface area contributed by atoms with Crippen molar-refractivity contribution in [3.63, 3.8) is 0 Å². The zero-order valence-electron chi connectivity index (χ0n) is 17.6. The third-order valence-corrected chi connectivity index (χ3v) is 7.41. The molecule has 0 aliphatic carbocycles. The van der Waals surface area contributed by atoms with E-state index in [2.05, 4.69) is 4.90 Å². The van der Waals surface area contributed by atoms with Crippen molar-refractivity contribution >= 4 is 52.0 Å². The number of piperazine rings is 1. The summed E-state index contributed by atoms with van der Waals surface area (Å²) in [6, 6.07) is 13.3. The van der Waals surface area contributed by atoms with Crippen LogP contribution in [-0.4, -0.2) is 41.9 Å². The highest BCUT2D eigenvalue weighted by molar-refractivity contribution is 7.12. The lowest BCUT2D eigenvalue weighted by molar-refractivity contribution is 0.0633. The van der Waals surface area contributed by atoms with Crippen molar-refractivity contribution in [1.29, 1.82) is 0 Å². The van der Waals surface area contributed by atoms with Crippen LogP contribution >= 0.6 is 46.1 Å². The third-order valence-electron chi connectivity index (χ3n) is 5.40. The van der Waals surface area contributed by atoms with Gasteiger partial charge >= 0.3 is 0 Å². The van der Waals surface area contributed by atoms with Crippen LogP contribution in [0.15, 0.2) is 47.8 Å². The van der Waals surface area contributed by atoms with Crippen LogP contribution in [0.2, 0.25) is 15.1 Å². The van der Waals surface area contributed by atoms with Gasteiger partial charge in [0.15, 0.2) is 0 Å². The van der Waals surface area contributed by atoms with Crippen LogP contribution in [0.5, 0.6) is 5.75 Å². The molecule has 1 fully saturated rings. The fraction of sp³-hybridized carbons (Fsp3) is 0.292. The van der Waals surface area contributed by atoms with Gasteiger partial charge < -0.3 is 9.64 Å². The summed E-state index contributed by atoms with van der Waals surface area (Å²) in [5.41, 5.74) is 3.17. The molecule has 0 spiro atoms. The smallest absolute Gasteiger partial charge is 0.264 e. The summed E-state index contributed by atoms with van der Waals surface area (Å²) in [6.45, 7) is 6.20. The molecule has 2 aromatic carbocycles. The summed E-state index contributed by atoms with van der Waals surface area (Å²) in [5.74, 6) is 0.730. The van der Waals surface area contributed by atoms with Crippen LogP contribution in [0.3, 0.4) is 0 Å². The highest BCUT2D eigenvalue weighted by Crippen LogP contribution is 2.27. The second kappa shape index (κ2) is 10.4. The van der Waals surface area contributed by atoms with E-state index in [1.54, 1.807) is 0 Å². The fourth-order valence-electron chi connectivity index (χ4n) is 3.61. The van der Waals surface area contributed by atoms with E-state index in [-0.39, 0.29) is 5.91 Å². The predicted octanol–water partition coefficient (Wildman–Crippen LogP) is 6.55. The average Bonchev–Trinajstić information content (AvgIpc) is 3.26. The van der Waals surface area contributed by atoms with E-state index in [1.165, 1.54) is 11.3 Å². The van der Waals surface area contributed by atoms with Gasteiger partial charge in [-0.25, -0.2) is 0 Å². The van der Waals surface area contributed by atoms with Gasteiger partial charge in [0.25, 0.3) is 5.91 Å². The van der Waals surface area contributed by atoms with Crippen LogP contribution in [0, 0.1) is 6.92 Å². The zero-order valence-corrected chi connectivity index (χ0v) is 20.7. The quantitative estimate of drug-likeness (QED) is 0.377. The Balaban J connectivity index is 1.29. The molecule has 1 amide bonds. The molecule has 0 unspecified atom stereocenters. The second-order valence-corrected chi connectivity index (χ2v) is 9.99. The lowest BCUT2D eigenvalue weighted by Gasteiger charge is -2.34. The highest BCUT2D eigenvalue weighted by Gasteiger charge is 2.23. The molecule has 1 saturated heterocycles. The van der Waals surface area contributed by atoms with Gasteiger partial charge in [-0.2, -0.15) is 0 Å². The van der Waals surface area contributed by atoms with Crippen LogP contribution in [0.1, 0.15) is 26.4 Å². The number of nitrogens with zero attached hydrogens (tertiary/aromatic N) is 2. The standard InChI is InChI=1S/C24H23Cl3N2O2S/c1-16-2-4-20(26)22(10-16)31-14-18-12-23(32-15-18)24(30)29-8-6-28(7-9-29)13-17-3-5-19(25)21(27)11-17/h2-5,10-12,15H,6-9,13-14H2,1H3. The van der Waals surface area contributed by atoms with Crippen LogP contribution in [0.25, 0.3) is 0 Å². The summed E-state index contributed by atoms with van der Waals surface area (Å²) in [7, 11) is 0. The number of carbonyl (C=O) groups is 1. The van der Waals surface area contributed by atoms with E-state index in [9.17, 15) is 4.79 Å². The van der Waals surface area contributed by atoms with Crippen molar-refractivity contribution < 1.29 is 9.53 Å². The molecular weight excluding hydrogens is 487 g/mol. The molecule has 4 nitrogen and oxygen atoms in total. The van der Waals surface area contributed by atoms with Gasteiger partial charge in [-0.15, -0.1) is 11.3 Å². The first-order valence-corrected chi connectivity index (χ1v) is 12.3. The number of halogens is 3. The van der Waals surface area contributed by atoms with Crippen LogP contribution < -0.4 is 4.74 Å². The summed E-state index contributed by atoms with van der Waals surface area (Å²) in [6.07, 6.45) is 0. The molecule has 1 aromatic heterocycles. The first-order chi connectivity index (χ1) is 15.4. The van der Waals surface area contributed by atoms with Crippen molar-refractivity contribution in [2.24, 2.45) is 0 Å². The molecule has 168 valence electrons. The molecule has 0 N–H and O–H groups in total. The third kappa shape index (κ3) is 5.77. The van der Waals surface area contributed by atoms with Gasteiger partial charge in [-0.1, -0.05) is 46.9 Å². The maximum atomic E-state index is 13.0. The molecule has 0 radical (unpaired) electrons. The zero-order chi connectivity index (χ0) is 22.7. The lowest BCUT2D eigenvalue weighted by atomic mass is 10.2. The molecule has 1 aliphatic rings. The summed E-state index contributed by atoms with van der Waals surface area (Å²) < 4.78 is 5.85. The summed E-state index contributed by atoms with van der Waals surface area (Å²) in [4.78, 5) is 17.9. The number of ether oxygens (including phenoxy) is 1. The Bertz CT molecular complexity index is 1110. The van der Waals surface area contributed by atoms with Gasteiger partial charge in [0, 0.05) is 38.3 Å². The van der Waals surface area contributed by atoms with Crippen molar-refractivity contribution in [2.75, 3.05) is 26.2 Å². The lowest BCUT2D eigenvalue weighted by Crippen LogP contribution is -2.48. The minimum Gasteiger partial charge on any atom is -0.487 e. The second-order valence-electron chi connectivity index (χ2n) is 7.86. The monoisotopic (exact) mass is 508 g/mol. The molecule has 3 aromatic rings. The van der Waals surface area contributed by atoms with E-state index in [4.69, 9.17) is 39.5 Å². The van der Waals surface area contributed by atoms with E-state index >= 15 is 0 Å². The molecule has 32 heavy (non-hydrogen) atoms. The SMILES string of the molecule is Cc1ccc(Cl)c(OCc2csc(C(=O)N3CCN(Cc4ccc(Cl)c(Cl)c4)CC3)c2)c1. The van der Waals surface area contributed by atoms with E-state index < -0.39 is 0 Å². The van der Waals surface area contributed by atoms with E-state index in [1.807, 2.05) is 59.7 Å². The van der Waals surface area contributed by atoms with Crippen molar-refractivity contribution in [1.82, 2.24) is 9.80 Å². The number of hydrogen-bond acceptors (Lipinski definition) is 4. The van der Waals surface area contributed by atoms with Gasteiger partial charge in [0.2, 0.25) is 0 Å². The topological polar surface area (TPSA) is 32.8 Å². The molecule has 8 heteroatoms. The normalized spacial score (nSPS) is 14.6. The Kier molecular flexibility index (Phi) is 7.64. The molecular formula is C24H23Cl3N2O2S. The molecule has 0 saturated carbocycles. The Labute approximate surface area is 207 Å². The summed E-state index contributed by atoms with van der Waals surface area (Å²) >= 11 is 19.8. The number of thiophene rings is 1. The number of aryl methyl sites for hydroxylation is 1. The maximum Gasteiger partial charge on any atom is 0.264 e. The van der Waals surface area contributed by atoms with Crippen LogP contribution in [0.4, 0.5) is 0 Å². The van der Waals surface area contributed by atoms with Crippen molar-refractivity contribution in [3.8, 4) is 5.75 Å². The number of amides is 1. The first kappa shape index (κ1) is 23.4. The average molecular weight is 510 g/mol. The number of benzene rings is 2. The largest absolute Gasteiger partial charge is 0.487 e. The minimum absolute atomic E-state index is 0.0732. The maximum absolute atomic E-state index is 13.0. The Morgan fingerprint density at radius 2 is 1.69 bits per heavy atom. The van der Waals surface area contributed by atoms with Crippen LogP contribution in [-0.2, 0) is 13.2 Å². The number of rotatable bonds is 6. The molecule has 2 heterocycles. The van der Waals surface area contributed by atoms with Gasteiger partial charge in [0.05, 0.1) is 19.9 Å².